The van der Waals surface area contributed by atoms with Gasteiger partial charge in [0.05, 0.1) is 0 Å². The molecule has 0 fully saturated rings. The molecule has 0 spiro atoms. The summed E-state index contributed by atoms with van der Waals surface area (Å²) in [7, 11) is 0. The molecule has 0 saturated heterocycles. The summed E-state index contributed by atoms with van der Waals surface area (Å²) >= 11 is 0. The molecular weight excluding hydrogens is 202 g/mol. The van der Waals surface area contributed by atoms with Gasteiger partial charge in [0, 0.05) is 24.5 Å². The Morgan fingerprint density at radius 1 is 1.25 bits per heavy atom. The van der Waals surface area contributed by atoms with Crippen molar-refractivity contribution in [2.24, 2.45) is 0 Å². The first-order valence-electron chi connectivity index (χ1n) is 4.97. The molecule has 1 aromatic heterocycles. The quantitative estimate of drug-likeness (QED) is 0.732. The Morgan fingerprint density at radius 3 is 2.88 bits per heavy atom. The molecule has 0 atom stereocenters. The predicted molar refractivity (Wildman–Crippen MR) is 64.1 cm³/mol. The van der Waals surface area contributed by atoms with Gasteiger partial charge in [-0.1, -0.05) is 6.07 Å². The van der Waals surface area contributed by atoms with Crippen LogP contribution in [0.15, 0.2) is 42.6 Å². The zero-order valence-corrected chi connectivity index (χ0v) is 8.72. The summed E-state index contributed by atoms with van der Waals surface area (Å²) in [5, 5.41) is 12.5. The van der Waals surface area contributed by atoms with E-state index in [2.05, 4.69) is 10.3 Å². The molecule has 1 aromatic carbocycles. The maximum atomic E-state index is 9.28. The van der Waals surface area contributed by atoms with Crippen LogP contribution in [-0.4, -0.2) is 10.1 Å². The fourth-order valence-corrected chi connectivity index (χ4v) is 1.42. The van der Waals surface area contributed by atoms with Crippen molar-refractivity contribution in [2.75, 3.05) is 11.1 Å². The number of phenols is 1. The van der Waals surface area contributed by atoms with Crippen molar-refractivity contribution in [3.05, 3.63) is 48.2 Å². The van der Waals surface area contributed by atoms with Crippen LogP contribution in [0, 0.1) is 0 Å². The molecule has 1 heterocycles. The van der Waals surface area contributed by atoms with Gasteiger partial charge in [0.15, 0.2) is 0 Å². The van der Waals surface area contributed by atoms with Crippen LogP contribution in [0.25, 0.3) is 0 Å². The zero-order chi connectivity index (χ0) is 11.4. The van der Waals surface area contributed by atoms with Crippen molar-refractivity contribution in [1.82, 2.24) is 4.98 Å². The number of hydrogen-bond donors (Lipinski definition) is 3. The van der Waals surface area contributed by atoms with E-state index in [0.29, 0.717) is 12.4 Å². The van der Waals surface area contributed by atoms with E-state index in [9.17, 15) is 5.11 Å². The highest BCUT2D eigenvalue weighted by molar-refractivity contribution is 5.48. The molecule has 2 aromatic rings. The number of nitrogens with zero attached hydrogens (tertiary/aromatic N) is 1. The summed E-state index contributed by atoms with van der Waals surface area (Å²) in [6, 6.07) is 10.7. The van der Waals surface area contributed by atoms with Gasteiger partial charge in [-0.15, -0.1) is 0 Å². The van der Waals surface area contributed by atoms with Crippen molar-refractivity contribution in [2.45, 2.75) is 6.54 Å². The lowest BCUT2D eigenvalue weighted by molar-refractivity contribution is 0.475. The molecule has 0 bridgehead atoms. The van der Waals surface area contributed by atoms with E-state index in [1.807, 2.05) is 18.2 Å². The maximum absolute atomic E-state index is 9.28. The van der Waals surface area contributed by atoms with Gasteiger partial charge in [-0.05, 0) is 29.8 Å². The first kappa shape index (κ1) is 10.3. The van der Waals surface area contributed by atoms with Gasteiger partial charge in [0.2, 0.25) is 0 Å². The van der Waals surface area contributed by atoms with Crippen LogP contribution < -0.4 is 11.1 Å². The highest BCUT2D eigenvalue weighted by Crippen LogP contribution is 2.16. The number of nitrogens with two attached hydrogens (primary N) is 1. The third kappa shape index (κ3) is 2.63. The van der Waals surface area contributed by atoms with E-state index >= 15 is 0 Å². The smallest absolute Gasteiger partial charge is 0.123 e. The number of nitrogen functional groups attached to an aromatic ring is 1. The highest BCUT2D eigenvalue weighted by Gasteiger charge is 1.96. The Hall–Kier alpha value is -2.23. The van der Waals surface area contributed by atoms with Crippen LogP contribution in [0.4, 0.5) is 11.5 Å². The molecule has 0 unspecified atom stereocenters. The number of aromatic nitrogens is 1. The molecule has 0 amide bonds. The van der Waals surface area contributed by atoms with Crippen LogP contribution in [0.5, 0.6) is 5.75 Å². The summed E-state index contributed by atoms with van der Waals surface area (Å²) in [6.45, 7) is 0.649. The summed E-state index contributed by atoms with van der Waals surface area (Å²) < 4.78 is 0. The van der Waals surface area contributed by atoms with Gasteiger partial charge in [-0.2, -0.15) is 0 Å². The summed E-state index contributed by atoms with van der Waals surface area (Å²) in [4.78, 5) is 3.92. The number of benzene rings is 1. The molecule has 0 aliphatic rings. The average Bonchev–Trinajstić information content (AvgIpc) is 2.27. The number of aromatic hydroxyl groups is 1. The van der Waals surface area contributed by atoms with Crippen LogP contribution in [0.1, 0.15) is 5.56 Å². The molecule has 16 heavy (non-hydrogen) atoms. The predicted octanol–water partition coefficient (Wildman–Crippen LogP) is 1.98. The number of rotatable bonds is 3. The molecule has 2 rings (SSSR count). The van der Waals surface area contributed by atoms with Crippen molar-refractivity contribution < 1.29 is 5.11 Å². The number of anilines is 2. The van der Waals surface area contributed by atoms with E-state index < -0.39 is 0 Å². The second kappa shape index (κ2) is 4.53. The van der Waals surface area contributed by atoms with Gasteiger partial charge >= 0.3 is 0 Å². The normalized spacial score (nSPS) is 10.0. The minimum Gasteiger partial charge on any atom is -0.508 e. The number of pyridine rings is 1. The van der Waals surface area contributed by atoms with E-state index in [4.69, 9.17) is 5.73 Å². The second-order valence-electron chi connectivity index (χ2n) is 3.49. The number of nitrogens with one attached hydrogen (secondary N) is 1. The Bertz CT molecular complexity index is 440. The third-order valence-corrected chi connectivity index (χ3v) is 2.19. The molecular formula is C12H13N3O. The fourth-order valence-electron chi connectivity index (χ4n) is 1.42. The Labute approximate surface area is 93.8 Å². The van der Waals surface area contributed by atoms with Crippen molar-refractivity contribution >= 4 is 11.5 Å². The molecule has 0 radical (unpaired) electrons. The van der Waals surface area contributed by atoms with Crippen LogP contribution in [0.2, 0.25) is 0 Å². The van der Waals surface area contributed by atoms with Gasteiger partial charge in [0.25, 0.3) is 0 Å². The van der Waals surface area contributed by atoms with E-state index in [1.54, 1.807) is 24.4 Å². The lowest BCUT2D eigenvalue weighted by Gasteiger charge is -2.06. The second-order valence-corrected chi connectivity index (χ2v) is 3.49. The SMILES string of the molecule is Nc1cc(CNc2cccc(O)c2)ccn1. The highest BCUT2D eigenvalue weighted by atomic mass is 16.3. The number of phenolic OH excluding ortho intramolecular Hbond substituents is 1. The fraction of sp³-hybridized carbons (Fsp3) is 0.0833. The minimum atomic E-state index is 0.249. The molecule has 82 valence electrons. The average molecular weight is 215 g/mol. The molecule has 0 aliphatic heterocycles. The van der Waals surface area contributed by atoms with Crippen molar-refractivity contribution in [3.8, 4) is 5.75 Å². The summed E-state index contributed by atoms with van der Waals surface area (Å²) in [6.07, 6.45) is 1.68. The Morgan fingerprint density at radius 2 is 2.12 bits per heavy atom. The maximum Gasteiger partial charge on any atom is 0.123 e. The molecule has 4 nitrogen and oxygen atoms in total. The topological polar surface area (TPSA) is 71.2 Å². The van der Waals surface area contributed by atoms with Crippen molar-refractivity contribution in [3.63, 3.8) is 0 Å². The largest absolute Gasteiger partial charge is 0.508 e. The van der Waals surface area contributed by atoms with E-state index in [-0.39, 0.29) is 5.75 Å². The van der Waals surface area contributed by atoms with Crippen molar-refractivity contribution in [1.29, 1.82) is 0 Å². The van der Waals surface area contributed by atoms with Gasteiger partial charge in [0.1, 0.15) is 11.6 Å². The third-order valence-electron chi connectivity index (χ3n) is 2.19. The lowest BCUT2D eigenvalue weighted by Crippen LogP contribution is -2.00. The van der Waals surface area contributed by atoms with Crippen LogP contribution in [-0.2, 0) is 6.54 Å². The number of hydrogen-bond acceptors (Lipinski definition) is 4. The first-order chi connectivity index (χ1) is 7.74. The summed E-state index contributed by atoms with van der Waals surface area (Å²) in [5.74, 6) is 0.759. The molecule has 0 saturated carbocycles. The molecule has 4 heteroatoms. The monoisotopic (exact) mass is 215 g/mol. The van der Waals surface area contributed by atoms with Gasteiger partial charge < -0.3 is 16.2 Å². The van der Waals surface area contributed by atoms with E-state index in [0.717, 1.165) is 11.3 Å². The van der Waals surface area contributed by atoms with E-state index in [1.165, 1.54) is 0 Å². The molecule has 0 aliphatic carbocycles. The Kier molecular flexibility index (Phi) is 2.91. The lowest BCUT2D eigenvalue weighted by atomic mass is 10.2. The van der Waals surface area contributed by atoms with Crippen LogP contribution in [0.3, 0.4) is 0 Å². The van der Waals surface area contributed by atoms with Gasteiger partial charge in [-0.25, -0.2) is 4.98 Å². The van der Waals surface area contributed by atoms with Crippen LogP contribution >= 0.6 is 0 Å². The zero-order valence-electron chi connectivity index (χ0n) is 8.72. The Balaban J connectivity index is 2.02. The standard InChI is InChI=1S/C12H13N3O/c13-12-6-9(4-5-14-12)8-15-10-2-1-3-11(16)7-10/h1-7,15-16H,8H2,(H2,13,14). The molecule has 4 N–H and O–H groups in total. The van der Waals surface area contributed by atoms with Gasteiger partial charge in [-0.3, -0.25) is 0 Å². The summed E-state index contributed by atoms with van der Waals surface area (Å²) in [5.41, 5.74) is 7.50. The first-order valence-corrected chi connectivity index (χ1v) is 4.97. The minimum absolute atomic E-state index is 0.249.